The minimum atomic E-state index is -0.486. The van der Waals surface area contributed by atoms with Crippen molar-refractivity contribution in [1.29, 1.82) is 0 Å². The smallest absolute Gasteiger partial charge is 0.261 e. The van der Waals surface area contributed by atoms with Crippen molar-refractivity contribution in [1.82, 2.24) is 10.3 Å². The fourth-order valence-electron chi connectivity index (χ4n) is 2.02. The predicted molar refractivity (Wildman–Crippen MR) is 81.2 cm³/mol. The van der Waals surface area contributed by atoms with Crippen LogP contribution in [0.5, 0.6) is 5.75 Å². The lowest BCUT2D eigenvalue weighted by Gasteiger charge is -2.10. The Bertz CT molecular complexity index is 662. The first kappa shape index (κ1) is 13.9. The summed E-state index contributed by atoms with van der Waals surface area (Å²) in [7, 11) is 0. The normalized spacial score (nSPS) is 16.6. The maximum absolute atomic E-state index is 12.1. The highest BCUT2D eigenvalue weighted by Gasteiger charge is 2.29. The molecule has 1 aromatic carbocycles. The molecule has 0 saturated heterocycles. The van der Waals surface area contributed by atoms with E-state index in [0.29, 0.717) is 18.0 Å². The van der Waals surface area contributed by atoms with Gasteiger partial charge in [-0.2, -0.15) is 0 Å². The van der Waals surface area contributed by atoms with Crippen LogP contribution in [0.4, 0.5) is 0 Å². The quantitative estimate of drug-likeness (QED) is 0.899. The molecule has 1 atom stereocenters. The minimum absolute atomic E-state index is 0.123. The molecule has 0 spiro atoms. The Labute approximate surface area is 133 Å². The molecule has 1 amide bonds. The molecule has 0 bridgehead atoms. The first-order valence-electron chi connectivity index (χ1n) is 5.95. The SMILES string of the molecule is O=C(NCc1cnc(Br)s1)[C@@H]1Cc2cc(Cl)ccc2O1. The van der Waals surface area contributed by atoms with Crippen LogP contribution >= 0.6 is 38.9 Å². The molecule has 7 heteroatoms. The Morgan fingerprint density at radius 3 is 3.20 bits per heavy atom. The highest BCUT2D eigenvalue weighted by molar-refractivity contribution is 9.11. The molecule has 3 rings (SSSR count). The van der Waals surface area contributed by atoms with E-state index >= 15 is 0 Å². The van der Waals surface area contributed by atoms with Crippen LogP contribution in [0.2, 0.25) is 5.02 Å². The fraction of sp³-hybridized carbons (Fsp3) is 0.231. The third-order valence-corrected chi connectivity index (χ3v) is 4.66. The zero-order valence-corrected chi connectivity index (χ0v) is 13.4. The van der Waals surface area contributed by atoms with Gasteiger partial charge >= 0.3 is 0 Å². The van der Waals surface area contributed by atoms with E-state index in [0.717, 1.165) is 20.1 Å². The van der Waals surface area contributed by atoms with E-state index in [-0.39, 0.29) is 5.91 Å². The van der Waals surface area contributed by atoms with Gasteiger partial charge in [0.15, 0.2) is 10.0 Å². The van der Waals surface area contributed by atoms with Gasteiger partial charge in [-0.15, -0.1) is 11.3 Å². The minimum Gasteiger partial charge on any atom is -0.480 e. The van der Waals surface area contributed by atoms with Crippen molar-refractivity contribution in [2.75, 3.05) is 0 Å². The number of thiazole rings is 1. The number of nitrogens with zero attached hydrogens (tertiary/aromatic N) is 1. The first-order chi connectivity index (χ1) is 9.61. The number of hydrogen-bond donors (Lipinski definition) is 1. The van der Waals surface area contributed by atoms with E-state index in [4.69, 9.17) is 16.3 Å². The zero-order chi connectivity index (χ0) is 14.1. The highest BCUT2D eigenvalue weighted by Crippen LogP contribution is 2.31. The molecule has 104 valence electrons. The third kappa shape index (κ3) is 2.97. The molecular formula is C13H10BrClN2O2S. The van der Waals surface area contributed by atoms with E-state index in [1.165, 1.54) is 11.3 Å². The van der Waals surface area contributed by atoms with Gasteiger partial charge in [-0.3, -0.25) is 4.79 Å². The number of ether oxygens (including phenoxy) is 1. The maximum Gasteiger partial charge on any atom is 0.261 e. The molecule has 0 aliphatic carbocycles. The standard InChI is InChI=1S/C13H10BrClN2O2S/c14-13-17-6-9(20-13)5-16-12(18)11-4-7-3-8(15)1-2-10(7)19-11/h1-3,6,11H,4-5H2,(H,16,18)/t11-/m0/s1. The van der Waals surface area contributed by atoms with Crippen LogP contribution in [0.3, 0.4) is 0 Å². The Kier molecular flexibility index (Phi) is 3.96. The van der Waals surface area contributed by atoms with Crippen LogP contribution < -0.4 is 10.1 Å². The largest absolute Gasteiger partial charge is 0.480 e. The lowest BCUT2D eigenvalue weighted by molar-refractivity contribution is -0.127. The summed E-state index contributed by atoms with van der Waals surface area (Å²) in [6.07, 6.45) is 1.80. The van der Waals surface area contributed by atoms with Crippen LogP contribution in [0.1, 0.15) is 10.4 Å². The molecule has 1 aromatic heterocycles. The van der Waals surface area contributed by atoms with Crippen LogP contribution in [0.15, 0.2) is 28.3 Å². The molecule has 4 nitrogen and oxygen atoms in total. The van der Waals surface area contributed by atoms with Crippen molar-refractivity contribution in [3.63, 3.8) is 0 Å². The molecule has 2 aromatic rings. The van der Waals surface area contributed by atoms with Crippen molar-refractivity contribution >= 4 is 44.8 Å². The second-order valence-electron chi connectivity index (χ2n) is 4.36. The summed E-state index contributed by atoms with van der Waals surface area (Å²) in [5.74, 6) is 0.608. The molecule has 2 heterocycles. The summed E-state index contributed by atoms with van der Waals surface area (Å²) in [6, 6.07) is 5.39. The van der Waals surface area contributed by atoms with E-state index in [2.05, 4.69) is 26.2 Å². The van der Waals surface area contributed by atoms with Crippen LogP contribution in [-0.2, 0) is 17.8 Å². The molecule has 20 heavy (non-hydrogen) atoms. The van der Waals surface area contributed by atoms with Gasteiger partial charge in [0.2, 0.25) is 0 Å². The summed E-state index contributed by atoms with van der Waals surface area (Å²) < 4.78 is 6.43. The molecule has 1 aliphatic rings. The summed E-state index contributed by atoms with van der Waals surface area (Å²) in [4.78, 5) is 17.1. The van der Waals surface area contributed by atoms with Crippen LogP contribution in [0, 0.1) is 0 Å². The Balaban J connectivity index is 1.60. The van der Waals surface area contributed by atoms with Gasteiger partial charge in [-0.05, 0) is 39.7 Å². The van der Waals surface area contributed by atoms with Crippen molar-refractivity contribution in [2.24, 2.45) is 0 Å². The second-order valence-corrected chi connectivity index (χ2v) is 7.19. The van der Waals surface area contributed by atoms with E-state index in [1.54, 1.807) is 18.3 Å². The maximum atomic E-state index is 12.1. The van der Waals surface area contributed by atoms with Gasteiger partial charge in [0.05, 0.1) is 6.54 Å². The average Bonchev–Trinajstić information content (AvgIpc) is 3.01. The van der Waals surface area contributed by atoms with Crippen LogP contribution in [0.25, 0.3) is 0 Å². The number of hydrogen-bond acceptors (Lipinski definition) is 4. The van der Waals surface area contributed by atoms with Crippen molar-refractivity contribution in [3.8, 4) is 5.75 Å². The Morgan fingerprint density at radius 1 is 1.60 bits per heavy atom. The summed E-state index contributed by atoms with van der Waals surface area (Å²) >= 11 is 10.7. The molecule has 1 N–H and O–H groups in total. The van der Waals surface area contributed by atoms with Gasteiger partial charge in [0.25, 0.3) is 5.91 Å². The topological polar surface area (TPSA) is 51.2 Å². The van der Waals surface area contributed by atoms with Crippen molar-refractivity contribution < 1.29 is 9.53 Å². The molecule has 1 aliphatic heterocycles. The van der Waals surface area contributed by atoms with E-state index in [9.17, 15) is 4.79 Å². The van der Waals surface area contributed by atoms with Gasteiger partial charge in [0.1, 0.15) is 5.75 Å². The lowest BCUT2D eigenvalue weighted by Crippen LogP contribution is -2.36. The average molecular weight is 374 g/mol. The van der Waals surface area contributed by atoms with Crippen molar-refractivity contribution in [3.05, 3.63) is 43.8 Å². The highest BCUT2D eigenvalue weighted by atomic mass is 79.9. The van der Waals surface area contributed by atoms with Gasteiger partial charge in [0, 0.05) is 22.5 Å². The number of carbonyl (C=O) groups excluding carboxylic acids is 1. The fourth-order valence-corrected chi connectivity index (χ4v) is 3.51. The van der Waals surface area contributed by atoms with E-state index in [1.807, 2.05) is 6.07 Å². The predicted octanol–water partition coefficient (Wildman–Crippen LogP) is 3.18. The number of rotatable bonds is 3. The number of amides is 1. The molecule has 0 unspecified atom stereocenters. The monoisotopic (exact) mass is 372 g/mol. The van der Waals surface area contributed by atoms with Crippen LogP contribution in [-0.4, -0.2) is 17.0 Å². The zero-order valence-electron chi connectivity index (χ0n) is 10.2. The molecule has 0 fully saturated rings. The summed E-state index contributed by atoms with van der Waals surface area (Å²) in [6.45, 7) is 0.457. The third-order valence-electron chi connectivity index (χ3n) is 2.95. The number of fused-ring (bicyclic) bond motifs is 1. The first-order valence-corrected chi connectivity index (χ1v) is 7.93. The summed E-state index contributed by atoms with van der Waals surface area (Å²) in [5.41, 5.74) is 0.971. The number of nitrogens with one attached hydrogen (secondary N) is 1. The van der Waals surface area contributed by atoms with Gasteiger partial charge in [-0.1, -0.05) is 11.6 Å². The number of benzene rings is 1. The molecule has 0 radical (unpaired) electrons. The number of halogens is 2. The van der Waals surface area contributed by atoms with E-state index < -0.39 is 6.10 Å². The Morgan fingerprint density at radius 2 is 2.45 bits per heavy atom. The molecule has 0 saturated carbocycles. The summed E-state index contributed by atoms with van der Waals surface area (Å²) in [5, 5.41) is 3.51. The molecular weight excluding hydrogens is 364 g/mol. The van der Waals surface area contributed by atoms with Crippen molar-refractivity contribution in [2.45, 2.75) is 19.1 Å². The number of aromatic nitrogens is 1. The lowest BCUT2D eigenvalue weighted by atomic mass is 10.1. The second kappa shape index (κ2) is 5.71. The number of carbonyl (C=O) groups is 1. The Hall–Kier alpha value is -1.11. The van der Waals surface area contributed by atoms with Gasteiger partial charge in [-0.25, -0.2) is 4.98 Å². The van der Waals surface area contributed by atoms with Gasteiger partial charge < -0.3 is 10.1 Å².